The fraction of sp³-hybridized carbons (Fsp3) is 0.214. The van der Waals surface area contributed by atoms with Crippen LogP contribution in [0.3, 0.4) is 0 Å². The minimum Gasteiger partial charge on any atom is -0.329 e. The van der Waals surface area contributed by atoms with Crippen molar-refractivity contribution in [2.45, 2.75) is 13.8 Å². The van der Waals surface area contributed by atoms with E-state index in [1.165, 1.54) is 17.5 Å². The maximum absolute atomic E-state index is 8.84. The number of aromatic nitrogens is 2. The first kappa shape index (κ1) is 12.1. The van der Waals surface area contributed by atoms with Crippen LogP contribution in [0.4, 0.5) is 11.5 Å². The zero-order valence-electron chi connectivity index (χ0n) is 10.7. The standard InChI is InChI=1S/C14H14N4/c1-10-4-5-13(6-11(10)2)18(3)14-7-12(8-15)16-9-17-14/h4-7,9H,1-3H3. The van der Waals surface area contributed by atoms with Gasteiger partial charge in [-0.05, 0) is 37.1 Å². The van der Waals surface area contributed by atoms with Gasteiger partial charge in [-0.2, -0.15) is 5.26 Å². The van der Waals surface area contributed by atoms with E-state index in [1.807, 2.05) is 24.1 Å². The van der Waals surface area contributed by atoms with Gasteiger partial charge in [0.15, 0.2) is 0 Å². The molecular weight excluding hydrogens is 224 g/mol. The van der Waals surface area contributed by atoms with E-state index in [0.717, 1.165) is 5.69 Å². The smallest absolute Gasteiger partial charge is 0.145 e. The Balaban J connectivity index is 2.38. The molecule has 0 fully saturated rings. The zero-order chi connectivity index (χ0) is 13.1. The third-order valence-corrected chi connectivity index (χ3v) is 2.99. The van der Waals surface area contributed by atoms with Gasteiger partial charge in [-0.25, -0.2) is 9.97 Å². The molecule has 0 N–H and O–H groups in total. The van der Waals surface area contributed by atoms with Crippen molar-refractivity contribution in [1.82, 2.24) is 9.97 Å². The molecule has 2 aromatic rings. The normalized spacial score (nSPS) is 9.89. The molecule has 1 heterocycles. The number of aryl methyl sites for hydroxylation is 2. The maximum atomic E-state index is 8.84. The Morgan fingerprint density at radius 1 is 1.11 bits per heavy atom. The second-order valence-corrected chi connectivity index (χ2v) is 4.20. The summed E-state index contributed by atoms with van der Waals surface area (Å²) in [6.07, 6.45) is 1.41. The number of nitrogens with zero attached hydrogens (tertiary/aromatic N) is 4. The molecule has 90 valence electrons. The Morgan fingerprint density at radius 2 is 1.89 bits per heavy atom. The molecule has 0 radical (unpaired) electrons. The van der Waals surface area contributed by atoms with Gasteiger partial charge in [0, 0.05) is 18.8 Å². The van der Waals surface area contributed by atoms with Crippen molar-refractivity contribution >= 4 is 11.5 Å². The van der Waals surface area contributed by atoms with Gasteiger partial charge < -0.3 is 4.90 Å². The summed E-state index contributed by atoms with van der Waals surface area (Å²) in [5, 5.41) is 8.84. The van der Waals surface area contributed by atoms with Crippen LogP contribution in [0, 0.1) is 25.2 Å². The lowest BCUT2D eigenvalue weighted by atomic mass is 10.1. The SMILES string of the molecule is Cc1ccc(N(C)c2cc(C#N)ncn2)cc1C. The minimum absolute atomic E-state index is 0.371. The van der Waals surface area contributed by atoms with Crippen LogP contribution in [0.2, 0.25) is 0 Å². The van der Waals surface area contributed by atoms with E-state index in [9.17, 15) is 0 Å². The molecule has 4 heteroatoms. The van der Waals surface area contributed by atoms with Gasteiger partial charge >= 0.3 is 0 Å². The van der Waals surface area contributed by atoms with E-state index in [-0.39, 0.29) is 0 Å². The average Bonchev–Trinajstić information content (AvgIpc) is 2.41. The molecule has 0 atom stereocenters. The molecule has 0 saturated heterocycles. The Bertz CT molecular complexity index is 613. The molecule has 1 aromatic carbocycles. The fourth-order valence-electron chi connectivity index (χ4n) is 1.66. The van der Waals surface area contributed by atoms with Gasteiger partial charge in [0.1, 0.15) is 23.9 Å². The molecule has 1 aromatic heterocycles. The third kappa shape index (κ3) is 2.30. The van der Waals surface area contributed by atoms with E-state index in [4.69, 9.17) is 5.26 Å². The lowest BCUT2D eigenvalue weighted by Crippen LogP contribution is -2.12. The lowest BCUT2D eigenvalue weighted by molar-refractivity contribution is 1.06. The summed E-state index contributed by atoms with van der Waals surface area (Å²) in [6, 6.07) is 9.91. The summed E-state index contributed by atoms with van der Waals surface area (Å²) in [4.78, 5) is 9.99. The highest BCUT2D eigenvalue weighted by Gasteiger charge is 2.07. The van der Waals surface area contributed by atoms with Crippen molar-refractivity contribution in [2.24, 2.45) is 0 Å². The first-order valence-corrected chi connectivity index (χ1v) is 5.65. The van der Waals surface area contributed by atoms with Crippen LogP contribution in [-0.4, -0.2) is 17.0 Å². The van der Waals surface area contributed by atoms with E-state index in [0.29, 0.717) is 11.5 Å². The van der Waals surface area contributed by atoms with Crippen molar-refractivity contribution < 1.29 is 0 Å². The van der Waals surface area contributed by atoms with Gasteiger partial charge in [-0.3, -0.25) is 0 Å². The number of rotatable bonds is 2. The molecule has 0 bridgehead atoms. The molecule has 0 aliphatic rings. The van der Waals surface area contributed by atoms with Gasteiger partial charge in [-0.1, -0.05) is 6.07 Å². The molecule has 4 nitrogen and oxygen atoms in total. The summed E-state index contributed by atoms with van der Waals surface area (Å²) in [5.41, 5.74) is 3.90. The second-order valence-electron chi connectivity index (χ2n) is 4.20. The maximum Gasteiger partial charge on any atom is 0.145 e. The van der Waals surface area contributed by atoms with E-state index in [2.05, 4.69) is 35.9 Å². The van der Waals surface area contributed by atoms with Crippen molar-refractivity contribution in [3.05, 3.63) is 47.4 Å². The number of hydrogen-bond donors (Lipinski definition) is 0. The van der Waals surface area contributed by atoms with Crippen LogP contribution in [0.1, 0.15) is 16.8 Å². The zero-order valence-corrected chi connectivity index (χ0v) is 10.7. The highest BCUT2D eigenvalue weighted by Crippen LogP contribution is 2.23. The molecule has 0 spiro atoms. The van der Waals surface area contributed by atoms with Gasteiger partial charge in [-0.15, -0.1) is 0 Å². The topological polar surface area (TPSA) is 52.8 Å². The number of anilines is 2. The monoisotopic (exact) mass is 238 g/mol. The van der Waals surface area contributed by atoms with Crippen molar-refractivity contribution in [3.63, 3.8) is 0 Å². The summed E-state index contributed by atoms with van der Waals surface area (Å²) >= 11 is 0. The van der Waals surface area contributed by atoms with Crippen LogP contribution in [-0.2, 0) is 0 Å². The molecule has 0 amide bonds. The first-order chi connectivity index (χ1) is 8.61. The Kier molecular flexibility index (Phi) is 3.24. The highest BCUT2D eigenvalue weighted by molar-refractivity contribution is 5.61. The van der Waals surface area contributed by atoms with Crippen molar-refractivity contribution in [1.29, 1.82) is 5.26 Å². The third-order valence-electron chi connectivity index (χ3n) is 2.99. The summed E-state index contributed by atoms with van der Waals surface area (Å²) < 4.78 is 0. The second kappa shape index (κ2) is 4.84. The number of nitriles is 1. The van der Waals surface area contributed by atoms with Crippen molar-refractivity contribution in [3.8, 4) is 6.07 Å². The average molecular weight is 238 g/mol. The molecule has 0 saturated carbocycles. The number of hydrogen-bond acceptors (Lipinski definition) is 4. The molecule has 18 heavy (non-hydrogen) atoms. The molecule has 2 rings (SSSR count). The summed E-state index contributed by atoms with van der Waals surface area (Å²) in [5.74, 6) is 0.713. The van der Waals surface area contributed by atoms with Gasteiger partial charge in [0.2, 0.25) is 0 Å². The summed E-state index contributed by atoms with van der Waals surface area (Å²) in [7, 11) is 1.92. The molecule has 0 aliphatic heterocycles. The molecule has 0 unspecified atom stereocenters. The quantitative estimate of drug-likeness (QED) is 0.807. The highest BCUT2D eigenvalue weighted by atomic mass is 15.2. The van der Waals surface area contributed by atoms with Gasteiger partial charge in [0.05, 0.1) is 0 Å². The van der Waals surface area contributed by atoms with E-state index >= 15 is 0 Å². The van der Waals surface area contributed by atoms with Crippen LogP contribution < -0.4 is 4.90 Å². The Hall–Kier alpha value is -2.41. The van der Waals surface area contributed by atoms with Gasteiger partial charge in [0.25, 0.3) is 0 Å². The summed E-state index contributed by atoms with van der Waals surface area (Å²) in [6.45, 7) is 4.16. The van der Waals surface area contributed by atoms with E-state index in [1.54, 1.807) is 6.07 Å². The van der Waals surface area contributed by atoms with E-state index < -0.39 is 0 Å². The predicted octanol–water partition coefficient (Wildman–Crippen LogP) is 2.73. The van der Waals surface area contributed by atoms with Crippen LogP contribution in [0.25, 0.3) is 0 Å². The minimum atomic E-state index is 0.371. The number of benzene rings is 1. The predicted molar refractivity (Wildman–Crippen MR) is 70.7 cm³/mol. The van der Waals surface area contributed by atoms with Crippen molar-refractivity contribution in [2.75, 3.05) is 11.9 Å². The van der Waals surface area contributed by atoms with Crippen LogP contribution >= 0.6 is 0 Å². The first-order valence-electron chi connectivity index (χ1n) is 5.65. The lowest BCUT2D eigenvalue weighted by Gasteiger charge is -2.19. The Labute approximate surface area is 107 Å². The Morgan fingerprint density at radius 3 is 2.56 bits per heavy atom. The largest absolute Gasteiger partial charge is 0.329 e. The fourth-order valence-corrected chi connectivity index (χ4v) is 1.66. The molecule has 0 aliphatic carbocycles. The van der Waals surface area contributed by atoms with Crippen LogP contribution in [0.5, 0.6) is 0 Å². The molecular formula is C14H14N4. The van der Waals surface area contributed by atoms with Crippen LogP contribution in [0.15, 0.2) is 30.6 Å².